The van der Waals surface area contributed by atoms with Crippen LogP contribution in [0, 0.1) is 6.92 Å². The van der Waals surface area contributed by atoms with Gasteiger partial charge in [-0.2, -0.15) is 0 Å². The Bertz CT molecular complexity index is 249. The predicted octanol–water partition coefficient (Wildman–Crippen LogP) is 2.35. The molecule has 1 aliphatic carbocycles. The monoisotopic (exact) mass is 162 g/mol. The summed E-state index contributed by atoms with van der Waals surface area (Å²) in [5, 5.41) is 3.44. The van der Waals surface area contributed by atoms with Gasteiger partial charge in [0, 0.05) is 11.7 Å². The largest absolute Gasteiger partial charge is 0.381 e. The smallest absolute Gasteiger partial charge is 0.0529 e. The molecule has 1 N–H and O–H groups in total. The lowest BCUT2D eigenvalue weighted by Gasteiger charge is -2.27. The highest BCUT2D eigenvalue weighted by Gasteiger charge is 2.16. The van der Waals surface area contributed by atoms with E-state index in [-0.39, 0.29) is 0 Å². The van der Waals surface area contributed by atoms with Crippen LogP contribution in [0.25, 0.3) is 0 Å². The maximum absolute atomic E-state index is 4.23. The summed E-state index contributed by atoms with van der Waals surface area (Å²) in [5.74, 6) is 0. The summed E-state index contributed by atoms with van der Waals surface area (Å²) in [7, 11) is 0. The fourth-order valence-electron chi connectivity index (χ4n) is 1.34. The molecule has 0 spiro atoms. The zero-order chi connectivity index (χ0) is 8.39. The van der Waals surface area contributed by atoms with Gasteiger partial charge in [0.1, 0.15) is 0 Å². The first-order valence-electron chi connectivity index (χ1n) is 4.54. The van der Waals surface area contributed by atoms with Crippen molar-refractivity contribution < 1.29 is 0 Å². The van der Waals surface area contributed by atoms with E-state index in [0.29, 0.717) is 6.04 Å². The van der Waals surface area contributed by atoms with Crippen molar-refractivity contribution in [2.45, 2.75) is 32.2 Å². The minimum atomic E-state index is 0.703. The molecule has 1 saturated carbocycles. The van der Waals surface area contributed by atoms with Gasteiger partial charge in [0.25, 0.3) is 0 Å². The first-order chi connectivity index (χ1) is 5.84. The van der Waals surface area contributed by atoms with Crippen molar-refractivity contribution in [2.75, 3.05) is 5.32 Å². The minimum Gasteiger partial charge on any atom is -0.381 e. The van der Waals surface area contributed by atoms with Crippen LogP contribution in [0.1, 0.15) is 25.0 Å². The Balaban J connectivity index is 1.98. The fraction of sp³-hybridized carbons (Fsp3) is 0.500. The van der Waals surface area contributed by atoms with Crippen LogP contribution in [-0.4, -0.2) is 11.0 Å². The van der Waals surface area contributed by atoms with Gasteiger partial charge in [-0.15, -0.1) is 0 Å². The Hall–Kier alpha value is -1.05. The van der Waals surface area contributed by atoms with E-state index in [0.717, 1.165) is 11.4 Å². The molecule has 12 heavy (non-hydrogen) atoms. The normalized spacial score (nSPS) is 17.1. The molecule has 0 unspecified atom stereocenters. The number of rotatable bonds is 2. The average Bonchev–Trinajstić information content (AvgIpc) is 2.00. The lowest BCUT2D eigenvalue weighted by Crippen LogP contribution is -2.26. The van der Waals surface area contributed by atoms with Crippen LogP contribution in [0.3, 0.4) is 0 Å². The Labute approximate surface area is 73.0 Å². The topological polar surface area (TPSA) is 24.9 Å². The van der Waals surface area contributed by atoms with E-state index in [1.807, 2.05) is 19.2 Å². The first-order valence-corrected chi connectivity index (χ1v) is 4.54. The number of nitrogens with one attached hydrogen (secondary N) is 1. The summed E-state index contributed by atoms with van der Waals surface area (Å²) in [4.78, 5) is 4.23. The second kappa shape index (κ2) is 3.13. The van der Waals surface area contributed by atoms with Crippen molar-refractivity contribution in [1.82, 2.24) is 4.98 Å². The third kappa shape index (κ3) is 1.58. The van der Waals surface area contributed by atoms with Gasteiger partial charge in [0.15, 0.2) is 0 Å². The van der Waals surface area contributed by atoms with Crippen LogP contribution in [0.2, 0.25) is 0 Å². The van der Waals surface area contributed by atoms with Crippen molar-refractivity contribution in [3.8, 4) is 0 Å². The van der Waals surface area contributed by atoms with Crippen LogP contribution in [0.15, 0.2) is 18.3 Å². The molecule has 2 nitrogen and oxygen atoms in total. The van der Waals surface area contributed by atoms with E-state index in [9.17, 15) is 0 Å². The summed E-state index contributed by atoms with van der Waals surface area (Å²) in [6.45, 7) is 2.01. The lowest BCUT2D eigenvalue weighted by molar-refractivity contribution is 0.445. The van der Waals surface area contributed by atoms with E-state index in [2.05, 4.69) is 16.4 Å². The maximum atomic E-state index is 4.23. The molecule has 0 saturated heterocycles. The van der Waals surface area contributed by atoms with E-state index < -0.39 is 0 Å². The molecule has 2 heteroatoms. The maximum Gasteiger partial charge on any atom is 0.0529 e. The number of hydrogen-bond donors (Lipinski definition) is 1. The molecule has 0 amide bonds. The number of anilines is 1. The number of aryl methyl sites for hydroxylation is 1. The summed E-state index contributed by atoms with van der Waals surface area (Å²) in [6, 6.07) is 4.84. The molecular formula is C10H14N2. The Morgan fingerprint density at radius 2 is 2.25 bits per heavy atom. The molecule has 0 bridgehead atoms. The molecule has 64 valence electrons. The third-order valence-electron chi connectivity index (χ3n) is 2.39. The molecule has 1 fully saturated rings. The molecule has 2 rings (SSSR count). The predicted molar refractivity (Wildman–Crippen MR) is 50.2 cm³/mol. The number of hydrogen-bond acceptors (Lipinski definition) is 2. The Kier molecular flexibility index (Phi) is 1.98. The first kappa shape index (κ1) is 7.59. The molecule has 1 aliphatic rings. The zero-order valence-corrected chi connectivity index (χ0v) is 7.38. The van der Waals surface area contributed by atoms with Gasteiger partial charge in [-0.05, 0) is 38.3 Å². The van der Waals surface area contributed by atoms with Gasteiger partial charge in [-0.1, -0.05) is 0 Å². The molecule has 1 aromatic rings. The SMILES string of the molecule is Cc1ccc(NC2CCC2)cn1. The molecule has 0 atom stereocenters. The van der Waals surface area contributed by atoms with Gasteiger partial charge < -0.3 is 5.32 Å². The number of aromatic nitrogens is 1. The van der Waals surface area contributed by atoms with Crippen LogP contribution in [-0.2, 0) is 0 Å². The van der Waals surface area contributed by atoms with Crippen LogP contribution in [0.5, 0.6) is 0 Å². The summed E-state index contributed by atoms with van der Waals surface area (Å²) < 4.78 is 0. The van der Waals surface area contributed by atoms with Gasteiger partial charge >= 0.3 is 0 Å². The van der Waals surface area contributed by atoms with Crippen molar-refractivity contribution in [3.63, 3.8) is 0 Å². The van der Waals surface area contributed by atoms with E-state index in [1.165, 1.54) is 19.3 Å². The van der Waals surface area contributed by atoms with E-state index in [1.54, 1.807) is 0 Å². The fourth-order valence-corrected chi connectivity index (χ4v) is 1.34. The molecule has 1 aromatic heterocycles. The average molecular weight is 162 g/mol. The van der Waals surface area contributed by atoms with Gasteiger partial charge in [-0.25, -0.2) is 0 Å². The highest BCUT2D eigenvalue weighted by Crippen LogP contribution is 2.22. The molecular weight excluding hydrogens is 148 g/mol. The standard InChI is InChI=1S/C10H14N2/c1-8-5-6-10(7-11-8)12-9-3-2-4-9/h5-7,9,12H,2-4H2,1H3. The summed E-state index contributed by atoms with van der Waals surface area (Å²) >= 11 is 0. The lowest BCUT2D eigenvalue weighted by atomic mass is 9.93. The molecule has 0 radical (unpaired) electrons. The molecule has 1 heterocycles. The highest BCUT2D eigenvalue weighted by molar-refractivity contribution is 5.42. The van der Waals surface area contributed by atoms with Gasteiger partial charge in [0.2, 0.25) is 0 Å². The molecule has 0 aromatic carbocycles. The Morgan fingerprint density at radius 1 is 1.42 bits per heavy atom. The molecule has 0 aliphatic heterocycles. The zero-order valence-electron chi connectivity index (χ0n) is 7.38. The minimum absolute atomic E-state index is 0.703. The summed E-state index contributed by atoms with van der Waals surface area (Å²) in [6.07, 6.45) is 5.91. The van der Waals surface area contributed by atoms with Gasteiger partial charge in [-0.3, -0.25) is 4.98 Å². The second-order valence-corrected chi connectivity index (χ2v) is 3.46. The third-order valence-corrected chi connectivity index (χ3v) is 2.39. The summed E-state index contributed by atoms with van der Waals surface area (Å²) in [5.41, 5.74) is 2.24. The Morgan fingerprint density at radius 3 is 2.75 bits per heavy atom. The van der Waals surface area contributed by atoms with Crippen molar-refractivity contribution in [2.24, 2.45) is 0 Å². The highest BCUT2D eigenvalue weighted by atomic mass is 14.9. The van der Waals surface area contributed by atoms with E-state index >= 15 is 0 Å². The second-order valence-electron chi connectivity index (χ2n) is 3.46. The van der Waals surface area contributed by atoms with Crippen LogP contribution < -0.4 is 5.32 Å². The van der Waals surface area contributed by atoms with Gasteiger partial charge in [0.05, 0.1) is 11.9 Å². The van der Waals surface area contributed by atoms with Crippen LogP contribution in [0.4, 0.5) is 5.69 Å². The van der Waals surface area contributed by atoms with Crippen molar-refractivity contribution >= 4 is 5.69 Å². The van der Waals surface area contributed by atoms with Crippen molar-refractivity contribution in [3.05, 3.63) is 24.0 Å². The number of pyridine rings is 1. The van der Waals surface area contributed by atoms with Crippen molar-refractivity contribution in [1.29, 1.82) is 0 Å². The number of nitrogens with zero attached hydrogens (tertiary/aromatic N) is 1. The quantitative estimate of drug-likeness (QED) is 0.722. The van der Waals surface area contributed by atoms with E-state index in [4.69, 9.17) is 0 Å². The van der Waals surface area contributed by atoms with Crippen LogP contribution >= 0.6 is 0 Å².